The van der Waals surface area contributed by atoms with Gasteiger partial charge in [0.2, 0.25) is 0 Å². The van der Waals surface area contributed by atoms with Gasteiger partial charge < -0.3 is 4.74 Å². The minimum atomic E-state index is -3.56. The molecule has 32 heavy (non-hydrogen) atoms. The first-order valence-corrected chi connectivity index (χ1v) is 14.2. The van der Waals surface area contributed by atoms with Crippen LogP contribution >= 0.6 is 23.1 Å². The fraction of sp³-hybridized carbons (Fsp3) is 0.364. The summed E-state index contributed by atoms with van der Waals surface area (Å²) in [4.78, 5) is 23.4. The number of fused-ring (bicyclic) bond motifs is 1. The highest BCUT2D eigenvalue weighted by Gasteiger charge is 2.27. The molecule has 2 heterocycles. The van der Waals surface area contributed by atoms with Crippen LogP contribution in [0.4, 0.5) is 5.13 Å². The Kier molecular flexibility index (Phi) is 7.16. The summed E-state index contributed by atoms with van der Waals surface area (Å²) in [6.07, 6.45) is 3.14. The van der Waals surface area contributed by atoms with E-state index in [0.717, 1.165) is 34.5 Å². The Morgan fingerprint density at radius 2 is 1.97 bits per heavy atom. The van der Waals surface area contributed by atoms with Crippen LogP contribution in [0.2, 0.25) is 0 Å². The number of ether oxygens (including phenoxy) is 1. The molecule has 0 atom stereocenters. The summed E-state index contributed by atoms with van der Waals surface area (Å²) in [6.45, 7) is 4.01. The van der Waals surface area contributed by atoms with E-state index in [1.807, 2.05) is 18.4 Å². The van der Waals surface area contributed by atoms with Gasteiger partial charge in [-0.05, 0) is 36.6 Å². The van der Waals surface area contributed by atoms with Gasteiger partial charge in [0.25, 0.3) is 5.91 Å². The normalized spacial score (nSPS) is 15.2. The van der Waals surface area contributed by atoms with Gasteiger partial charge in [-0.2, -0.15) is 0 Å². The fourth-order valence-electron chi connectivity index (χ4n) is 3.60. The molecule has 0 unspecified atom stereocenters. The minimum Gasteiger partial charge on any atom is -0.379 e. The van der Waals surface area contributed by atoms with Crippen molar-refractivity contribution in [3.05, 3.63) is 48.0 Å². The van der Waals surface area contributed by atoms with E-state index in [9.17, 15) is 13.2 Å². The summed E-state index contributed by atoms with van der Waals surface area (Å²) in [5.41, 5.74) is 0.990. The zero-order valence-electron chi connectivity index (χ0n) is 18.0. The monoisotopic (exact) mass is 491 g/mol. The van der Waals surface area contributed by atoms with Gasteiger partial charge in [0.1, 0.15) is 0 Å². The number of benzene rings is 2. The summed E-state index contributed by atoms with van der Waals surface area (Å²) >= 11 is 3.10. The van der Waals surface area contributed by atoms with E-state index in [0.29, 0.717) is 31.4 Å². The van der Waals surface area contributed by atoms with Crippen molar-refractivity contribution in [3.8, 4) is 0 Å². The SMILES string of the molecule is CSc1ccc2nc(N(CCN3CCOCC3)C(=O)c3ccccc3S(C)(=O)=O)sc2c1. The van der Waals surface area contributed by atoms with E-state index >= 15 is 0 Å². The number of aromatic nitrogens is 1. The van der Waals surface area contributed by atoms with Gasteiger partial charge in [0.15, 0.2) is 15.0 Å². The van der Waals surface area contributed by atoms with E-state index in [1.165, 1.54) is 17.4 Å². The molecular formula is C22H25N3O4S3. The molecule has 0 N–H and O–H groups in total. The van der Waals surface area contributed by atoms with E-state index in [-0.39, 0.29) is 16.4 Å². The maximum absolute atomic E-state index is 13.7. The summed E-state index contributed by atoms with van der Waals surface area (Å²) in [5.74, 6) is -0.358. The van der Waals surface area contributed by atoms with Crippen molar-refractivity contribution < 1.29 is 17.9 Å². The number of rotatable bonds is 7. The Balaban J connectivity index is 1.71. The van der Waals surface area contributed by atoms with Crippen molar-refractivity contribution in [1.82, 2.24) is 9.88 Å². The van der Waals surface area contributed by atoms with Crippen molar-refractivity contribution in [3.63, 3.8) is 0 Å². The van der Waals surface area contributed by atoms with Crippen LogP contribution in [0.1, 0.15) is 10.4 Å². The van der Waals surface area contributed by atoms with Gasteiger partial charge in [-0.1, -0.05) is 23.5 Å². The Morgan fingerprint density at radius 3 is 2.69 bits per heavy atom. The Labute approximate surface area is 196 Å². The molecule has 1 aliphatic heterocycles. The van der Waals surface area contributed by atoms with E-state index in [4.69, 9.17) is 9.72 Å². The van der Waals surface area contributed by atoms with Gasteiger partial charge in [-0.25, -0.2) is 13.4 Å². The second-order valence-corrected chi connectivity index (χ2v) is 11.4. The lowest BCUT2D eigenvalue weighted by atomic mass is 10.2. The zero-order valence-corrected chi connectivity index (χ0v) is 20.4. The van der Waals surface area contributed by atoms with E-state index in [1.54, 1.807) is 34.9 Å². The molecule has 1 fully saturated rings. The lowest BCUT2D eigenvalue weighted by molar-refractivity contribution is 0.0391. The molecule has 0 aliphatic carbocycles. The van der Waals surface area contributed by atoms with Gasteiger partial charge in [-0.15, -0.1) is 11.8 Å². The number of anilines is 1. The Bertz CT molecular complexity index is 1220. The van der Waals surface area contributed by atoms with Gasteiger partial charge in [-0.3, -0.25) is 14.6 Å². The first kappa shape index (κ1) is 23.2. The highest BCUT2D eigenvalue weighted by atomic mass is 32.2. The molecule has 0 saturated carbocycles. The standard InChI is InChI=1S/C22H25N3O4S3/c1-30-16-7-8-18-19(15-16)31-22(23-18)25(10-9-24-11-13-29-14-12-24)21(26)17-5-3-4-6-20(17)32(2,27)28/h3-8,15H,9-14H2,1-2H3. The largest absolute Gasteiger partial charge is 0.379 e. The topological polar surface area (TPSA) is 79.8 Å². The number of nitrogens with zero attached hydrogens (tertiary/aromatic N) is 3. The molecule has 0 bridgehead atoms. The molecule has 0 spiro atoms. The van der Waals surface area contributed by atoms with Crippen LogP contribution in [-0.2, 0) is 14.6 Å². The second-order valence-electron chi connectivity index (χ2n) is 7.51. The summed E-state index contributed by atoms with van der Waals surface area (Å²) in [5, 5.41) is 0.569. The lowest BCUT2D eigenvalue weighted by Gasteiger charge is -2.29. The summed E-state index contributed by atoms with van der Waals surface area (Å²) in [7, 11) is -3.56. The van der Waals surface area contributed by atoms with E-state index < -0.39 is 9.84 Å². The van der Waals surface area contributed by atoms with Crippen LogP contribution in [0.15, 0.2) is 52.3 Å². The number of carbonyl (C=O) groups excluding carboxylic acids is 1. The molecule has 1 aliphatic rings. The molecular weight excluding hydrogens is 466 g/mol. The first-order valence-electron chi connectivity index (χ1n) is 10.2. The second kappa shape index (κ2) is 9.88. The van der Waals surface area contributed by atoms with E-state index in [2.05, 4.69) is 11.0 Å². The maximum Gasteiger partial charge on any atom is 0.261 e. The lowest BCUT2D eigenvalue weighted by Crippen LogP contribution is -2.43. The third-order valence-electron chi connectivity index (χ3n) is 5.32. The first-order chi connectivity index (χ1) is 15.4. The molecule has 2 aromatic carbocycles. The van der Waals surface area contributed by atoms with Gasteiger partial charge in [0.05, 0.1) is 33.9 Å². The highest BCUT2D eigenvalue weighted by molar-refractivity contribution is 7.98. The van der Waals surface area contributed by atoms with Crippen molar-refractivity contribution >= 4 is 54.2 Å². The third-order valence-corrected chi connectivity index (χ3v) is 8.24. The minimum absolute atomic E-state index is 0.0344. The van der Waals surface area contributed by atoms with Crippen LogP contribution < -0.4 is 4.90 Å². The third kappa shape index (κ3) is 5.15. The molecule has 0 radical (unpaired) electrons. The molecule has 170 valence electrons. The van der Waals surface area contributed by atoms with Crippen LogP contribution in [0.5, 0.6) is 0 Å². The average molecular weight is 492 g/mol. The quantitative estimate of drug-likeness (QED) is 0.469. The number of hydrogen-bond donors (Lipinski definition) is 0. The summed E-state index contributed by atoms with van der Waals surface area (Å²) in [6, 6.07) is 12.4. The van der Waals surface area contributed by atoms with Crippen molar-refractivity contribution in [2.24, 2.45) is 0 Å². The van der Waals surface area contributed by atoms with Crippen LogP contribution in [-0.4, -0.2) is 76.1 Å². The number of carbonyl (C=O) groups is 1. The Morgan fingerprint density at radius 1 is 1.22 bits per heavy atom. The maximum atomic E-state index is 13.7. The molecule has 4 rings (SSSR count). The average Bonchev–Trinajstić information content (AvgIpc) is 3.22. The number of morpholine rings is 1. The van der Waals surface area contributed by atoms with Crippen molar-refractivity contribution in [1.29, 1.82) is 0 Å². The smallest absolute Gasteiger partial charge is 0.261 e. The Hall–Kier alpha value is -1.98. The molecule has 10 heteroatoms. The fourth-order valence-corrected chi connectivity index (χ4v) is 6.02. The number of amides is 1. The van der Waals surface area contributed by atoms with Crippen LogP contribution in [0.25, 0.3) is 10.2 Å². The number of hydrogen-bond acceptors (Lipinski definition) is 8. The molecule has 1 saturated heterocycles. The van der Waals surface area contributed by atoms with Crippen molar-refractivity contribution in [2.45, 2.75) is 9.79 Å². The number of thiazole rings is 1. The number of thioether (sulfide) groups is 1. The van der Waals surface area contributed by atoms with Gasteiger partial charge in [0, 0.05) is 37.3 Å². The molecule has 3 aromatic rings. The zero-order chi connectivity index (χ0) is 22.7. The predicted molar refractivity (Wildman–Crippen MR) is 130 cm³/mol. The van der Waals surface area contributed by atoms with Crippen LogP contribution in [0, 0.1) is 0 Å². The molecule has 7 nitrogen and oxygen atoms in total. The molecule has 1 amide bonds. The predicted octanol–water partition coefficient (Wildman–Crippen LogP) is 3.40. The summed E-state index contributed by atoms with van der Waals surface area (Å²) < 4.78 is 31.1. The highest BCUT2D eigenvalue weighted by Crippen LogP contribution is 2.33. The van der Waals surface area contributed by atoms with Crippen molar-refractivity contribution in [2.75, 3.05) is 56.8 Å². The molecule has 1 aromatic heterocycles. The van der Waals surface area contributed by atoms with Gasteiger partial charge >= 0.3 is 0 Å². The number of sulfone groups is 1. The van der Waals surface area contributed by atoms with Crippen LogP contribution in [0.3, 0.4) is 0 Å².